The van der Waals surface area contributed by atoms with Crippen LogP contribution in [0.5, 0.6) is 17.2 Å². The van der Waals surface area contributed by atoms with Crippen molar-refractivity contribution < 1.29 is 24.2 Å². The van der Waals surface area contributed by atoms with Crippen LogP contribution in [0, 0.1) is 13.8 Å². The molecular weight excluding hydrogens is 494 g/mol. The van der Waals surface area contributed by atoms with Gasteiger partial charge in [0, 0.05) is 30.4 Å². The summed E-state index contributed by atoms with van der Waals surface area (Å²) in [4.78, 5) is 26.2. The summed E-state index contributed by atoms with van der Waals surface area (Å²) in [5.74, 6) is -0.237. The van der Waals surface area contributed by atoms with Crippen LogP contribution >= 0.6 is 0 Å². The second-order valence-corrected chi connectivity index (χ2v) is 9.88. The fourth-order valence-electron chi connectivity index (χ4n) is 4.95. The minimum atomic E-state index is -0.921. The number of aryl methyl sites for hydroxylation is 2. The van der Waals surface area contributed by atoms with E-state index in [2.05, 4.69) is 39.8 Å². The van der Waals surface area contributed by atoms with Crippen LogP contribution in [0.1, 0.15) is 42.0 Å². The largest absolute Gasteiger partial charge is 0.508 e. The van der Waals surface area contributed by atoms with E-state index in [0.29, 0.717) is 29.8 Å². The zero-order chi connectivity index (χ0) is 27.8. The van der Waals surface area contributed by atoms with Gasteiger partial charge in [-0.15, -0.1) is 0 Å². The number of rotatable bonds is 9. The van der Waals surface area contributed by atoms with E-state index >= 15 is 0 Å². The molecular formula is C31H37N3O5. The van der Waals surface area contributed by atoms with E-state index in [1.54, 1.807) is 31.2 Å². The highest BCUT2D eigenvalue weighted by Crippen LogP contribution is 2.34. The number of ether oxygens (including phenoxy) is 2. The zero-order valence-electron chi connectivity index (χ0n) is 22.8. The number of carbonyl (C=O) groups is 2. The summed E-state index contributed by atoms with van der Waals surface area (Å²) in [6.45, 7) is 8.90. The average Bonchev–Trinajstić information content (AvgIpc) is 2.93. The van der Waals surface area contributed by atoms with Crippen molar-refractivity contribution in [1.82, 2.24) is 10.2 Å². The van der Waals surface area contributed by atoms with Crippen molar-refractivity contribution in [2.45, 2.75) is 52.7 Å². The smallest absolute Gasteiger partial charge is 0.397 e. The van der Waals surface area contributed by atoms with Gasteiger partial charge in [-0.05, 0) is 93.7 Å². The first kappa shape index (κ1) is 28.1. The molecule has 0 saturated carbocycles. The normalized spacial score (nSPS) is 13.7. The van der Waals surface area contributed by atoms with Gasteiger partial charge >= 0.3 is 11.9 Å². The molecule has 4 rings (SSSR count). The second kappa shape index (κ2) is 13.3. The summed E-state index contributed by atoms with van der Waals surface area (Å²) in [5, 5.41) is 16.8. The number of aromatic hydroxyl groups is 1. The minimum Gasteiger partial charge on any atom is -0.508 e. The topological polar surface area (TPSA) is 100 Å². The molecule has 1 heterocycles. The molecule has 0 atom stereocenters. The molecule has 1 saturated heterocycles. The fraction of sp³-hybridized carbons (Fsp3) is 0.355. The van der Waals surface area contributed by atoms with E-state index in [4.69, 9.17) is 9.47 Å². The van der Waals surface area contributed by atoms with E-state index in [-0.39, 0.29) is 12.4 Å². The first-order chi connectivity index (χ1) is 18.8. The number of piperidine rings is 1. The first-order valence-corrected chi connectivity index (χ1v) is 13.4. The maximum atomic E-state index is 12.0. The van der Waals surface area contributed by atoms with Crippen LogP contribution in [0.3, 0.4) is 0 Å². The van der Waals surface area contributed by atoms with E-state index < -0.39 is 11.9 Å². The Morgan fingerprint density at radius 2 is 1.69 bits per heavy atom. The lowest BCUT2D eigenvalue weighted by Gasteiger charge is -2.35. The Morgan fingerprint density at radius 1 is 1.00 bits per heavy atom. The number of hydrogen-bond acceptors (Lipinski definition) is 7. The molecule has 3 aromatic carbocycles. The Hall–Kier alpha value is -3.88. The molecule has 3 N–H and O–H groups in total. The molecule has 1 aliphatic heterocycles. The number of hydrogen-bond donors (Lipinski definition) is 3. The van der Waals surface area contributed by atoms with Crippen molar-refractivity contribution in [2.24, 2.45) is 0 Å². The summed E-state index contributed by atoms with van der Waals surface area (Å²) in [5.41, 5.74) is 4.12. The summed E-state index contributed by atoms with van der Waals surface area (Å²) < 4.78 is 11.0. The van der Waals surface area contributed by atoms with Crippen LogP contribution < -0.4 is 15.4 Å². The Labute approximate surface area is 229 Å². The third kappa shape index (κ3) is 7.59. The third-order valence-electron chi connectivity index (χ3n) is 6.88. The summed E-state index contributed by atoms with van der Waals surface area (Å²) in [7, 11) is 0. The van der Waals surface area contributed by atoms with Crippen LogP contribution in [-0.2, 0) is 27.4 Å². The van der Waals surface area contributed by atoms with E-state index in [1.165, 1.54) is 5.56 Å². The minimum absolute atomic E-state index is 0.133. The molecule has 206 valence electrons. The molecule has 1 amide bonds. The highest BCUT2D eigenvalue weighted by Gasteiger charge is 2.23. The van der Waals surface area contributed by atoms with Crippen LogP contribution in [0.4, 0.5) is 5.69 Å². The maximum absolute atomic E-state index is 12.0. The Balaban J connectivity index is 1.52. The number of phenolic OH excluding ortho intramolecular Hbond substituents is 1. The molecule has 0 aromatic heterocycles. The van der Waals surface area contributed by atoms with Gasteiger partial charge in [0.25, 0.3) is 0 Å². The molecule has 0 radical (unpaired) electrons. The van der Waals surface area contributed by atoms with Gasteiger partial charge < -0.3 is 25.2 Å². The second-order valence-electron chi connectivity index (χ2n) is 9.88. The summed E-state index contributed by atoms with van der Waals surface area (Å²) >= 11 is 0. The number of amides is 1. The van der Waals surface area contributed by atoms with Crippen LogP contribution in [-0.4, -0.2) is 47.6 Å². The van der Waals surface area contributed by atoms with Crippen LogP contribution in [0.2, 0.25) is 0 Å². The summed E-state index contributed by atoms with van der Waals surface area (Å²) in [6, 6.07) is 19.6. The molecule has 1 fully saturated rings. The maximum Gasteiger partial charge on any atom is 0.397 e. The highest BCUT2D eigenvalue weighted by molar-refractivity contribution is 6.37. The average molecular weight is 532 g/mol. The molecule has 0 unspecified atom stereocenters. The molecule has 8 nitrogen and oxygen atoms in total. The number of carbonyl (C=O) groups excluding carboxylic acids is 2. The SMILES string of the molecule is CCOC(=O)C(=O)Nc1cc(C)c(Oc2ccc(O)c(CN(Cc3ccccc3)C3CCNCC3)c2)c(C)c1. The molecule has 39 heavy (non-hydrogen) atoms. The van der Waals surface area contributed by atoms with Crippen molar-refractivity contribution in [2.75, 3.05) is 25.0 Å². The van der Waals surface area contributed by atoms with Crippen LogP contribution in [0.15, 0.2) is 60.7 Å². The molecule has 3 aromatic rings. The molecule has 0 aliphatic carbocycles. The monoisotopic (exact) mass is 531 g/mol. The van der Waals surface area contributed by atoms with Crippen molar-refractivity contribution >= 4 is 17.6 Å². The van der Waals surface area contributed by atoms with Gasteiger partial charge in [0.05, 0.1) is 6.61 Å². The van der Waals surface area contributed by atoms with Crippen molar-refractivity contribution in [3.05, 3.63) is 82.9 Å². The van der Waals surface area contributed by atoms with Gasteiger partial charge in [0.15, 0.2) is 0 Å². The van der Waals surface area contributed by atoms with Crippen molar-refractivity contribution in [3.8, 4) is 17.2 Å². The van der Waals surface area contributed by atoms with Gasteiger partial charge in [-0.2, -0.15) is 0 Å². The zero-order valence-corrected chi connectivity index (χ0v) is 22.8. The number of anilines is 1. The standard InChI is InChI=1S/C31H37N3O5/c1-4-38-31(37)30(36)33-25-16-21(2)29(22(3)17-25)39-27-10-11-28(35)24(18-27)20-34(26-12-14-32-15-13-26)19-23-8-6-5-7-9-23/h5-11,16-18,26,32,35H,4,12-15,19-20H2,1-3H3,(H,33,36). The van der Waals surface area contributed by atoms with Gasteiger partial charge in [-0.1, -0.05) is 30.3 Å². The number of phenols is 1. The molecule has 1 aliphatic rings. The summed E-state index contributed by atoms with van der Waals surface area (Å²) in [6.07, 6.45) is 2.11. The Kier molecular flexibility index (Phi) is 9.57. The molecule has 0 spiro atoms. The number of benzene rings is 3. The van der Waals surface area contributed by atoms with E-state index in [0.717, 1.165) is 49.2 Å². The number of nitrogens with one attached hydrogen (secondary N) is 2. The number of esters is 1. The quantitative estimate of drug-likeness (QED) is 0.262. The van der Waals surface area contributed by atoms with Crippen molar-refractivity contribution in [3.63, 3.8) is 0 Å². The highest BCUT2D eigenvalue weighted by atomic mass is 16.5. The van der Waals surface area contributed by atoms with E-state index in [1.807, 2.05) is 26.0 Å². The van der Waals surface area contributed by atoms with Gasteiger partial charge in [0.1, 0.15) is 17.2 Å². The Morgan fingerprint density at radius 3 is 2.36 bits per heavy atom. The van der Waals surface area contributed by atoms with Crippen molar-refractivity contribution in [1.29, 1.82) is 0 Å². The number of nitrogens with zero attached hydrogens (tertiary/aromatic N) is 1. The van der Waals surface area contributed by atoms with Gasteiger partial charge in [-0.3, -0.25) is 9.69 Å². The van der Waals surface area contributed by atoms with Gasteiger partial charge in [-0.25, -0.2) is 4.79 Å². The van der Waals surface area contributed by atoms with E-state index in [9.17, 15) is 14.7 Å². The fourth-order valence-corrected chi connectivity index (χ4v) is 4.95. The van der Waals surface area contributed by atoms with Crippen LogP contribution in [0.25, 0.3) is 0 Å². The predicted molar refractivity (Wildman–Crippen MR) is 151 cm³/mol. The molecule has 0 bridgehead atoms. The first-order valence-electron chi connectivity index (χ1n) is 13.4. The lowest BCUT2D eigenvalue weighted by molar-refractivity contribution is -0.152. The lowest BCUT2D eigenvalue weighted by atomic mass is 10.0. The van der Waals surface area contributed by atoms with Gasteiger partial charge in [0.2, 0.25) is 0 Å². The molecule has 8 heteroatoms. The predicted octanol–water partition coefficient (Wildman–Crippen LogP) is 5.06. The third-order valence-corrected chi connectivity index (χ3v) is 6.88. The lowest BCUT2D eigenvalue weighted by Crippen LogP contribution is -2.42. The Bertz CT molecular complexity index is 1270.